The Bertz CT molecular complexity index is 614. The highest BCUT2D eigenvalue weighted by molar-refractivity contribution is 14.0. The van der Waals surface area contributed by atoms with E-state index in [1.165, 1.54) is 24.2 Å². The van der Waals surface area contributed by atoms with E-state index in [0.29, 0.717) is 17.7 Å². The molecule has 1 aromatic rings. The van der Waals surface area contributed by atoms with Gasteiger partial charge in [0.2, 0.25) is 5.91 Å². The van der Waals surface area contributed by atoms with E-state index in [1.807, 2.05) is 16.7 Å². The molecule has 0 radical (unpaired) electrons. The van der Waals surface area contributed by atoms with Crippen LogP contribution in [0.15, 0.2) is 35.3 Å². The molecule has 0 aliphatic carbocycles. The summed E-state index contributed by atoms with van der Waals surface area (Å²) in [4.78, 5) is 18.8. The summed E-state index contributed by atoms with van der Waals surface area (Å²) in [6.45, 7) is 2.97. The summed E-state index contributed by atoms with van der Waals surface area (Å²) in [5.74, 6) is 2.85. The van der Waals surface area contributed by atoms with Crippen LogP contribution in [0.4, 0.5) is 0 Å². The molecule has 0 bridgehead atoms. The Kier molecular flexibility index (Phi) is 10.5. The molecule has 28 heavy (non-hydrogen) atoms. The number of amides is 1. The molecular formula is C21H33IN4OS. The second-order valence-electron chi connectivity index (χ2n) is 7.46. The van der Waals surface area contributed by atoms with E-state index in [1.54, 1.807) is 7.05 Å². The SMILES string of the molecule is CN=C(NCC(=O)N1CCC(Cc2ccccc2)CC1)NCC1CCCS1.I. The predicted octanol–water partition coefficient (Wildman–Crippen LogP) is 3.15. The Morgan fingerprint density at radius 1 is 1.18 bits per heavy atom. The minimum atomic E-state index is 0. The van der Waals surface area contributed by atoms with Gasteiger partial charge in [-0.2, -0.15) is 11.8 Å². The fourth-order valence-electron chi connectivity index (χ4n) is 3.84. The van der Waals surface area contributed by atoms with Gasteiger partial charge in [0.1, 0.15) is 0 Å². The first kappa shape index (κ1) is 23.3. The molecule has 2 saturated heterocycles. The minimum absolute atomic E-state index is 0. The highest BCUT2D eigenvalue weighted by Crippen LogP contribution is 2.25. The van der Waals surface area contributed by atoms with Crippen molar-refractivity contribution in [1.82, 2.24) is 15.5 Å². The van der Waals surface area contributed by atoms with Crippen LogP contribution in [0.2, 0.25) is 0 Å². The zero-order valence-electron chi connectivity index (χ0n) is 16.7. The van der Waals surface area contributed by atoms with E-state index < -0.39 is 0 Å². The van der Waals surface area contributed by atoms with Crippen molar-refractivity contribution >= 4 is 47.6 Å². The first-order valence-corrected chi connectivity index (χ1v) is 11.2. The van der Waals surface area contributed by atoms with Gasteiger partial charge < -0.3 is 15.5 Å². The molecule has 2 N–H and O–H groups in total. The molecule has 0 aromatic heterocycles. The third kappa shape index (κ3) is 7.46. The third-order valence-corrected chi connectivity index (χ3v) is 6.88. The summed E-state index contributed by atoms with van der Waals surface area (Å²) in [7, 11) is 1.76. The molecule has 5 nitrogen and oxygen atoms in total. The second kappa shape index (κ2) is 12.6. The molecule has 1 atom stereocenters. The zero-order chi connectivity index (χ0) is 18.9. The molecule has 1 aromatic carbocycles. The summed E-state index contributed by atoms with van der Waals surface area (Å²) >= 11 is 2.02. The summed E-state index contributed by atoms with van der Waals surface area (Å²) < 4.78 is 0. The van der Waals surface area contributed by atoms with Crippen LogP contribution in [-0.4, -0.2) is 61.0 Å². The van der Waals surface area contributed by atoms with Crippen molar-refractivity contribution in [1.29, 1.82) is 0 Å². The van der Waals surface area contributed by atoms with Crippen LogP contribution >= 0.6 is 35.7 Å². The number of benzene rings is 1. The van der Waals surface area contributed by atoms with Crippen molar-refractivity contribution in [3.05, 3.63) is 35.9 Å². The lowest BCUT2D eigenvalue weighted by Crippen LogP contribution is -2.47. The Morgan fingerprint density at radius 2 is 1.93 bits per heavy atom. The molecular weight excluding hydrogens is 483 g/mol. The Hall–Kier alpha value is -0.960. The number of guanidine groups is 1. The van der Waals surface area contributed by atoms with Gasteiger partial charge in [-0.05, 0) is 49.3 Å². The smallest absolute Gasteiger partial charge is 0.241 e. The van der Waals surface area contributed by atoms with Gasteiger partial charge in [-0.1, -0.05) is 30.3 Å². The summed E-state index contributed by atoms with van der Waals surface area (Å²) in [6.07, 6.45) is 5.88. The first-order valence-electron chi connectivity index (χ1n) is 10.1. The van der Waals surface area contributed by atoms with E-state index in [4.69, 9.17) is 0 Å². The van der Waals surface area contributed by atoms with E-state index in [0.717, 1.165) is 44.9 Å². The van der Waals surface area contributed by atoms with Crippen LogP contribution in [0.3, 0.4) is 0 Å². The van der Waals surface area contributed by atoms with Gasteiger partial charge in [0.15, 0.2) is 5.96 Å². The second-order valence-corrected chi connectivity index (χ2v) is 8.86. The van der Waals surface area contributed by atoms with E-state index in [2.05, 4.69) is 46.0 Å². The fraction of sp³-hybridized carbons (Fsp3) is 0.619. The van der Waals surface area contributed by atoms with Gasteiger partial charge >= 0.3 is 0 Å². The van der Waals surface area contributed by atoms with Crippen LogP contribution in [0.5, 0.6) is 0 Å². The van der Waals surface area contributed by atoms with E-state index in [9.17, 15) is 4.79 Å². The van der Waals surface area contributed by atoms with E-state index in [-0.39, 0.29) is 29.9 Å². The standard InChI is InChI=1S/C21H32N4OS.HI/c1-22-21(23-15-19-8-5-13-27-19)24-16-20(26)25-11-9-18(10-12-25)14-17-6-3-2-4-7-17;/h2-4,6-7,18-19H,5,8-16H2,1H3,(H2,22,23,24);1H. The number of nitrogens with zero attached hydrogens (tertiary/aromatic N) is 2. The van der Waals surface area contributed by atoms with Gasteiger partial charge in [-0.3, -0.25) is 9.79 Å². The molecule has 2 heterocycles. The number of carbonyl (C=O) groups is 1. The van der Waals surface area contributed by atoms with Gasteiger partial charge in [-0.15, -0.1) is 24.0 Å². The number of nitrogens with one attached hydrogen (secondary N) is 2. The topological polar surface area (TPSA) is 56.7 Å². The van der Waals surface area contributed by atoms with Crippen LogP contribution in [0.1, 0.15) is 31.2 Å². The van der Waals surface area contributed by atoms with Gasteiger partial charge in [0.25, 0.3) is 0 Å². The number of rotatable bonds is 6. The molecule has 1 amide bonds. The van der Waals surface area contributed by atoms with Crippen molar-refractivity contribution in [3.63, 3.8) is 0 Å². The molecule has 2 aliphatic heterocycles. The Labute approximate surface area is 190 Å². The number of likely N-dealkylation sites (tertiary alicyclic amines) is 1. The number of halogens is 1. The van der Waals surface area contributed by atoms with Crippen LogP contribution in [0, 0.1) is 5.92 Å². The molecule has 0 saturated carbocycles. The maximum atomic E-state index is 12.5. The van der Waals surface area contributed by atoms with Crippen molar-refractivity contribution in [2.24, 2.45) is 10.9 Å². The summed E-state index contributed by atoms with van der Waals surface area (Å²) in [6, 6.07) is 10.7. The highest BCUT2D eigenvalue weighted by atomic mass is 127. The number of thioether (sulfide) groups is 1. The number of hydrogen-bond acceptors (Lipinski definition) is 3. The van der Waals surface area contributed by atoms with Crippen LogP contribution in [0.25, 0.3) is 0 Å². The van der Waals surface area contributed by atoms with Gasteiger partial charge in [0, 0.05) is 31.9 Å². The average Bonchev–Trinajstić information content (AvgIpc) is 3.23. The van der Waals surface area contributed by atoms with Gasteiger partial charge in [0.05, 0.1) is 6.54 Å². The lowest BCUT2D eigenvalue weighted by atomic mass is 9.90. The third-order valence-electron chi connectivity index (χ3n) is 5.49. The monoisotopic (exact) mass is 516 g/mol. The summed E-state index contributed by atoms with van der Waals surface area (Å²) in [5, 5.41) is 7.20. The Morgan fingerprint density at radius 3 is 2.57 bits per heavy atom. The number of hydrogen-bond donors (Lipinski definition) is 2. The minimum Gasteiger partial charge on any atom is -0.355 e. The largest absolute Gasteiger partial charge is 0.355 e. The van der Waals surface area contributed by atoms with Crippen molar-refractivity contribution in [2.75, 3.05) is 39.0 Å². The van der Waals surface area contributed by atoms with E-state index >= 15 is 0 Å². The molecule has 2 aliphatic rings. The quantitative estimate of drug-likeness (QED) is 0.347. The summed E-state index contributed by atoms with van der Waals surface area (Å²) in [5.41, 5.74) is 1.40. The molecule has 156 valence electrons. The predicted molar refractivity (Wildman–Crippen MR) is 130 cm³/mol. The van der Waals surface area contributed by atoms with Crippen molar-refractivity contribution < 1.29 is 4.79 Å². The van der Waals surface area contributed by atoms with Crippen molar-refractivity contribution in [2.45, 2.75) is 37.4 Å². The zero-order valence-corrected chi connectivity index (χ0v) is 19.9. The molecule has 1 unspecified atom stereocenters. The molecule has 7 heteroatoms. The van der Waals surface area contributed by atoms with Crippen molar-refractivity contribution in [3.8, 4) is 0 Å². The normalized spacial score (nSPS) is 20.5. The lowest BCUT2D eigenvalue weighted by molar-refractivity contribution is -0.131. The maximum Gasteiger partial charge on any atom is 0.241 e. The highest BCUT2D eigenvalue weighted by Gasteiger charge is 2.23. The molecule has 0 spiro atoms. The lowest BCUT2D eigenvalue weighted by Gasteiger charge is -2.32. The maximum absolute atomic E-state index is 12.5. The number of carbonyl (C=O) groups excluding carboxylic acids is 1. The fourth-order valence-corrected chi connectivity index (χ4v) is 5.04. The number of piperidine rings is 1. The number of aliphatic imine (C=N–C) groups is 1. The van der Waals surface area contributed by atoms with Gasteiger partial charge in [-0.25, -0.2) is 0 Å². The first-order chi connectivity index (χ1) is 13.2. The molecule has 2 fully saturated rings. The Balaban J connectivity index is 0.00000280. The van der Waals surface area contributed by atoms with Crippen LogP contribution < -0.4 is 10.6 Å². The average molecular weight is 516 g/mol. The van der Waals surface area contributed by atoms with Crippen LogP contribution in [-0.2, 0) is 11.2 Å². The molecule has 3 rings (SSSR count).